The summed E-state index contributed by atoms with van der Waals surface area (Å²) in [6.07, 6.45) is 0.281. The lowest BCUT2D eigenvalue weighted by Crippen LogP contribution is -2.32. The van der Waals surface area contributed by atoms with Crippen LogP contribution < -0.4 is 4.90 Å². The van der Waals surface area contributed by atoms with Crippen LogP contribution in [0.25, 0.3) is 0 Å². The molecule has 0 saturated heterocycles. The monoisotopic (exact) mass is 320 g/mol. The van der Waals surface area contributed by atoms with Crippen molar-refractivity contribution < 1.29 is 9.32 Å². The molecule has 0 radical (unpaired) electrons. The highest BCUT2D eigenvalue weighted by molar-refractivity contribution is 5.94. The molecule has 3 aromatic rings. The van der Waals surface area contributed by atoms with Gasteiger partial charge in [-0.05, 0) is 31.5 Å². The molecule has 24 heavy (non-hydrogen) atoms. The van der Waals surface area contributed by atoms with E-state index in [1.165, 1.54) is 0 Å². The number of carbonyl (C=O) groups excluding carboxylic acids is 1. The molecule has 0 unspecified atom stereocenters. The van der Waals surface area contributed by atoms with E-state index in [1.807, 2.05) is 74.5 Å². The highest BCUT2D eigenvalue weighted by atomic mass is 16.5. The lowest BCUT2D eigenvalue weighted by atomic mass is 10.1. The van der Waals surface area contributed by atoms with Crippen LogP contribution in [0, 0.1) is 13.8 Å². The number of rotatable bonds is 5. The van der Waals surface area contributed by atoms with Gasteiger partial charge < -0.3 is 9.42 Å². The molecule has 4 heteroatoms. The van der Waals surface area contributed by atoms with Crippen molar-refractivity contribution in [2.24, 2.45) is 0 Å². The van der Waals surface area contributed by atoms with Crippen molar-refractivity contribution in [3.05, 3.63) is 83.2 Å². The number of carbonyl (C=O) groups is 1. The average molecular weight is 320 g/mol. The number of hydrogen-bond acceptors (Lipinski definition) is 3. The third-order valence-electron chi connectivity index (χ3n) is 4.06. The van der Waals surface area contributed by atoms with Crippen LogP contribution in [-0.4, -0.2) is 11.1 Å². The summed E-state index contributed by atoms with van der Waals surface area (Å²) in [7, 11) is 0. The molecule has 1 heterocycles. The van der Waals surface area contributed by atoms with Crippen molar-refractivity contribution in [2.45, 2.75) is 26.8 Å². The normalized spacial score (nSPS) is 10.6. The van der Waals surface area contributed by atoms with Crippen molar-refractivity contribution in [3.8, 4) is 0 Å². The molecular formula is C20H20N2O2. The molecule has 0 saturated carbocycles. The first-order valence-corrected chi connectivity index (χ1v) is 7.96. The number of benzene rings is 2. The Balaban J connectivity index is 1.88. The summed E-state index contributed by atoms with van der Waals surface area (Å²) in [6.45, 7) is 4.24. The standard InChI is InChI=1S/C20H20N2O2/c1-15-19(16(2)24-21-15)13-20(23)22(18-11-7-4-8-12-18)14-17-9-5-3-6-10-17/h3-12H,13-14H2,1-2H3. The molecule has 0 spiro atoms. The van der Waals surface area contributed by atoms with Crippen LogP contribution in [0.4, 0.5) is 5.69 Å². The van der Waals surface area contributed by atoms with Gasteiger partial charge in [0.1, 0.15) is 5.76 Å². The van der Waals surface area contributed by atoms with Gasteiger partial charge in [0.15, 0.2) is 0 Å². The van der Waals surface area contributed by atoms with Crippen LogP contribution in [0.5, 0.6) is 0 Å². The second-order valence-corrected chi connectivity index (χ2v) is 5.78. The Morgan fingerprint density at radius 3 is 2.21 bits per heavy atom. The maximum atomic E-state index is 13.0. The maximum Gasteiger partial charge on any atom is 0.231 e. The van der Waals surface area contributed by atoms with E-state index in [-0.39, 0.29) is 12.3 Å². The predicted octanol–water partition coefficient (Wildman–Crippen LogP) is 4.07. The summed E-state index contributed by atoms with van der Waals surface area (Å²) in [4.78, 5) is 14.8. The van der Waals surface area contributed by atoms with Gasteiger partial charge in [-0.1, -0.05) is 53.7 Å². The second kappa shape index (κ2) is 7.13. The van der Waals surface area contributed by atoms with Gasteiger partial charge >= 0.3 is 0 Å². The lowest BCUT2D eigenvalue weighted by molar-refractivity contribution is -0.118. The van der Waals surface area contributed by atoms with Gasteiger partial charge in [-0.3, -0.25) is 4.79 Å². The molecule has 0 fully saturated rings. The Morgan fingerprint density at radius 2 is 1.62 bits per heavy atom. The van der Waals surface area contributed by atoms with E-state index in [2.05, 4.69) is 5.16 Å². The number of aryl methyl sites for hydroxylation is 2. The fraction of sp³-hybridized carbons (Fsp3) is 0.200. The molecule has 4 nitrogen and oxygen atoms in total. The fourth-order valence-corrected chi connectivity index (χ4v) is 2.70. The number of nitrogens with zero attached hydrogens (tertiary/aromatic N) is 2. The van der Waals surface area contributed by atoms with Gasteiger partial charge in [0, 0.05) is 11.3 Å². The van der Waals surface area contributed by atoms with E-state index in [0.717, 1.165) is 22.5 Å². The van der Waals surface area contributed by atoms with Crippen LogP contribution >= 0.6 is 0 Å². The molecule has 3 rings (SSSR count). The number of aromatic nitrogens is 1. The first-order valence-electron chi connectivity index (χ1n) is 7.96. The van der Waals surface area contributed by atoms with Gasteiger partial charge in [0.25, 0.3) is 0 Å². The summed E-state index contributed by atoms with van der Waals surface area (Å²) in [5.74, 6) is 0.730. The Bertz CT molecular complexity index is 791. The Kier molecular flexibility index (Phi) is 4.75. The lowest BCUT2D eigenvalue weighted by Gasteiger charge is -2.23. The van der Waals surface area contributed by atoms with Gasteiger partial charge in [0.05, 0.1) is 18.7 Å². The second-order valence-electron chi connectivity index (χ2n) is 5.78. The number of anilines is 1. The minimum Gasteiger partial charge on any atom is -0.361 e. The highest BCUT2D eigenvalue weighted by Crippen LogP contribution is 2.20. The van der Waals surface area contributed by atoms with Crippen LogP contribution in [-0.2, 0) is 17.8 Å². The van der Waals surface area contributed by atoms with Crippen molar-refractivity contribution in [2.75, 3.05) is 4.90 Å². The van der Waals surface area contributed by atoms with E-state index in [4.69, 9.17) is 4.52 Å². The van der Waals surface area contributed by atoms with E-state index in [1.54, 1.807) is 4.90 Å². The van der Waals surface area contributed by atoms with E-state index >= 15 is 0 Å². The first-order chi connectivity index (χ1) is 11.6. The van der Waals surface area contributed by atoms with Crippen molar-refractivity contribution >= 4 is 11.6 Å². The molecule has 1 amide bonds. The zero-order chi connectivity index (χ0) is 16.9. The predicted molar refractivity (Wildman–Crippen MR) is 93.8 cm³/mol. The van der Waals surface area contributed by atoms with Crippen molar-refractivity contribution in [1.82, 2.24) is 5.16 Å². The summed E-state index contributed by atoms with van der Waals surface area (Å²) in [6, 6.07) is 19.7. The third kappa shape index (κ3) is 3.54. The molecule has 0 aliphatic rings. The molecule has 2 aromatic carbocycles. The number of amides is 1. The van der Waals surface area contributed by atoms with E-state index < -0.39 is 0 Å². The molecular weight excluding hydrogens is 300 g/mol. The van der Waals surface area contributed by atoms with E-state index in [9.17, 15) is 4.79 Å². The van der Waals surface area contributed by atoms with Crippen LogP contribution in [0.3, 0.4) is 0 Å². The third-order valence-corrected chi connectivity index (χ3v) is 4.06. The van der Waals surface area contributed by atoms with Gasteiger partial charge in [-0.25, -0.2) is 0 Å². The minimum atomic E-state index is 0.0273. The molecule has 0 aliphatic carbocycles. The highest BCUT2D eigenvalue weighted by Gasteiger charge is 2.20. The molecule has 0 atom stereocenters. The quantitative estimate of drug-likeness (QED) is 0.712. The molecule has 0 N–H and O–H groups in total. The smallest absolute Gasteiger partial charge is 0.231 e. The molecule has 1 aromatic heterocycles. The zero-order valence-corrected chi connectivity index (χ0v) is 13.9. The number of hydrogen-bond donors (Lipinski definition) is 0. The van der Waals surface area contributed by atoms with Crippen LogP contribution in [0.2, 0.25) is 0 Å². The van der Waals surface area contributed by atoms with Gasteiger partial charge in [0.2, 0.25) is 5.91 Å². The summed E-state index contributed by atoms with van der Waals surface area (Å²) in [5.41, 5.74) is 3.62. The SMILES string of the molecule is Cc1noc(C)c1CC(=O)N(Cc1ccccc1)c1ccccc1. The maximum absolute atomic E-state index is 13.0. The Hall–Kier alpha value is -2.88. The summed E-state index contributed by atoms with van der Waals surface area (Å²) in [5, 5.41) is 3.94. The molecule has 122 valence electrons. The van der Waals surface area contributed by atoms with Gasteiger partial charge in [-0.15, -0.1) is 0 Å². The fourth-order valence-electron chi connectivity index (χ4n) is 2.70. The number of para-hydroxylation sites is 1. The van der Waals surface area contributed by atoms with Crippen molar-refractivity contribution in [3.63, 3.8) is 0 Å². The summed E-state index contributed by atoms with van der Waals surface area (Å²) < 4.78 is 5.18. The van der Waals surface area contributed by atoms with E-state index in [0.29, 0.717) is 12.3 Å². The molecule has 0 aliphatic heterocycles. The largest absolute Gasteiger partial charge is 0.361 e. The molecule has 0 bridgehead atoms. The minimum absolute atomic E-state index is 0.0273. The van der Waals surface area contributed by atoms with Crippen LogP contribution in [0.1, 0.15) is 22.6 Å². The average Bonchev–Trinajstić information content (AvgIpc) is 2.93. The Morgan fingerprint density at radius 1 is 1.00 bits per heavy atom. The van der Waals surface area contributed by atoms with Gasteiger partial charge in [-0.2, -0.15) is 0 Å². The topological polar surface area (TPSA) is 46.3 Å². The Labute approximate surface area is 141 Å². The van der Waals surface area contributed by atoms with Crippen molar-refractivity contribution in [1.29, 1.82) is 0 Å². The summed E-state index contributed by atoms with van der Waals surface area (Å²) >= 11 is 0. The zero-order valence-electron chi connectivity index (χ0n) is 13.9. The van der Waals surface area contributed by atoms with Crippen LogP contribution in [0.15, 0.2) is 65.2 Å². The first kappa shape index (κ1) is 16.0.